The normalized spacial score (nSPS) is 18.2. The number of hydrogen-bond acceptors (Lipinski definition) is 2. The number of ether oxygens (including phenoxy) is 1. The van der Waals surface area contributed by atoms with Crippen LogP contribution in [0.1, 0.15) is 54.1 Å². The Hall–Kier alpha value is -3.14. The Balaban J connectivity index is 1.71. The smallest absolute Gasteiger partial charge is 0.255 e. The van der Waals surface area contributed by atoms with Crippen LogP contribution < -0.4 is 10.1 Å². The highest BCUT2D eigenvalue weighted by Gasteiger charge is 2.24. The van der Waals surface area contributed by atoms with Gasteiger partial charge in [0, 0.05) is 12.5 Å². The number of carbonyl (C=O) groups excluding carboxylic acids is 1. The minimum absolute atomic E-state index is 0.0976. The Morgan fingerprint density at radius 3 is 2.31 bits per heavy atom. The average Bonchev–Trinajstić information content (AvgIpc) is 2.82. The molecule has 4 rings (SSSR count). The van der Waals surface area contributed by atoms with Crippen molar-refractivity contribution in [3.8, 4) is 16.9 Å². The maximum absolute atomic E-state index is 13.4. The Morgan fingerprint density at radius 2 is 1.66 bits per heavy atom. The molecule has 166 valence electrons. The lowest BCUT2D eigenvalue weighted by atomic mass is 9.87. The summed E-state index contributed by atoms with van der Waals surface area (Å²) in [5.41, 5.74) is 4.41. The Kier molecular flexibility index (Phi) is 6.89. The van der Waals surface area contributed by atoms with Crippen molar-refractivity contribution in [3.05, 3.63) is 89.2 Å². The van der Waals surface area contributed by atoms with E-state index in [4.69, 9.17) is 4.74 Å². The van der Waals surface area contributed by atoms with Crippen molar-refractivity contribution in [1.29, 1.82) is 0 Å². The Bertz CT molecular complexity index is 1050. The highest BCUT2D eigenvalue weighted by molar-refractivity contribution is 5.99. The predicted octanol–water partition coefficient (Wildman–Crippen LogP) is 6.40. The maximum atomic E-state index is 13.4. The molecule has 3 nitrogen and oxygen atoms in total. The highest BCUT2D eigenvalue weighted by atomic mass is 19.1. The molecule has 0 aromatic heterocycles. The minimum Gasteiger partial charge on any atom is -0.496 e. The van der Waals surface area contributed by atoms with Crippen molar-refractivity contribution >= 4 is 5.91 Å². The second kappa shape index (κ2) is 9.99. The zero-order chi connectivity index (χ0) is 22.5. The molecule has 0 atom stereocenters. The van der Waals surface area contributed by atoms with Crippen LogP contribution in [0.25, 0.3) is 11.1 Å². The van der Waals surface area contributed by atoms with Gasteiger partial charge in [0.1, 0.15) is 11.6 Å². The maximum Gasteiger partial charge on any atom is 0.255 e. The summed E-state index contributed by atoms with van der Waals surface area (Å²) in [4.78, 5) is 13.4. The molecule has 0 heterocycles. The summed E-state index contributed by atoms with van der Waals surface area (Å²) in [6.45, 7) is 2.27. The number of benzene rings is 3. The van der Waals surface area contributed by atoms with Gasteiger partial charge in [-0.25, -0.2) is 4.39 Å². The van der Waals surface area contributed by atoms with E-state index in [0.29, 0.717) is 17.7 Å². The molecular formula is C28H30FNO2. The second-order valence-electron chi connectivity index (χ2n) is 8.82. The lowest BCUT2D eigenvalue weighted by Crippen LogP contribution is -2.37. The van der Waals surface area contributed by atoms with E-state index in [1.807, 2.05) is 36.4 Å². The van der Waals surface area contributed by atoms with E-state index in [1.54, 1.807) is 19.2 Å². The number of amides is 1. The van der Waals surface area contributed by atoms with Gasteiger partial charge in [-0.1, -0.05) is 49.4 Å². The summed E-state index contributed by atoms with van der Waals surface area (Å²) >= 11 is 0. The van der Waals surface area contributed by atoms with Crippen LogP contribution >= 0.6 is 0 Å². The van der Waals surface area contributed by atoms with Crippen molar-refractivity contribution in [1.82, 2.24) is 5.32 Å². The highest BCUT2D eigenvalue weighted by Crippen LogP contribution is 2.33. The van der Waals surface area contributed by atoms with Crippen LogP contribution in [0.4, 0.5) is 4.39 Å². The van der Waals surface area contributed by atoms with Crippen molar-refractivity contribution in [2.75, 3.05) is 7.11 Å². The van der Waals surface area contributed by atoms with Gasteiger partial charge >= 0.3 is 0 Å². The Morgan fingerprint density at radius 1 is 0.969 bits per heavy atom. The summed E-state index contributed by atoms with van der Waals surface area (Å²) < 4.78 is 19.2. The minimum atomic E-state index is -0.263. The first kappa shape index (κ1) is 22.1. The van der Waals surface area contributed by atoms with Crippen LogP contribution in [0.2, 0.25) is 0 Å². The molecule has 1 aliphatic carbocycles. The summed E-state index contributed by atoms with van der Waals surface area (Å²) in [5.74, 6) is 0.942. The number of carbonyl (C=O) groups is 1. The first-order valence-electron chi connectivity index (χ1n) is 11.3. The van der Waals surface area contributed by atoms with Crippen LogP contribution in [0.15, 0.2) is 66.7 Å². The molecule has 0 saturated heterocycles. The van der Waals surface area contributed by atoms with Gasteiger partial charge in [-0.3, -0.25) is 4.79 Å². The number of methoxy groups -OCH3 is 1. The molecule has 1 fully saturated rings. The molecule has 0 radical (unpaired) electrons. The van der Waals surface area contributed by atoms with E-state index >= 15 is 0 Å². The predicted molar refractivity (Wildman–Crippen MR) is 127 cm³/mol. The second-order valence-corrected chi connectivity index (χ2v) is 8.82. The van der Waals surface area contributed by atoms with Crippen molar-refractivity contribution in [2.24, 2.45) is 5.92 Å². The molecule has 4 heteroatoms. The molecule has 0 spiro atoms. The first-order chi connectivity index (χ1) is 15.5. The SMILES string of the molecule is COc1c(Cc2ccc(F)cc2)cc(-c2ccccc2)cc1C(=O)NC1CCC(C)CC1. The molecule has 32 heavy (non-hydrogen) atoms. The number of nitrogens with one attached hydrogen (secondary N) is 1. The molecule has 3 aromatic carbocycles. The van der Waals surface area contributed by atoms with Gasteiger partial charge in [-0.15, -0.1) is 0 Å². The van der Waals surface area contributed by atoms with Gasteiger partial charge in [0.2, 0.25) is 0 Å². The third-order valence-corrected chi connectivity index (χ3v) is 6.38. The van der Waals surface area contributed by atoms with Crippen LogP contribution in [0, 0.1) is 11.7 Å². The molecule has 1 aliphatic rings. The molecular weight excluding hydrogens is 401 g/mol. The average molecular weight is 432 g/mol. The van der Waals surface area contributed by atoms with E-state index in [2.05, 4.69) is 18.3 Å². The van der Waals surface area contributed by atoms with Gasteiger partial charge in [0.15, 0.2) is 0 Å². The van der Waals surface area contributed by atoms with Crippen LogP contribution in [0.5, 0.6) is 5.75 Å². The Labute approximate surface area is 189 Å². The molecule has 0 bridgehead atoms. The zero-order valence-corrected chi connectivity index (χ0v) is 18.7. The van der Waals surface area contributed by atoms with E-state index in [1.165, 1.54) is 12.1 Å². The molecule has 0 unspecified atom stereocenters. The third kappa shape index (κ3) is 5.18. The van der Waals surface area contributed by atoms with Gasteiger partial charge in [-0.05, 0) is 78.1 Å². The molecule has 1 N–H and O–H groups in total. The fourth-order valence-electron chi connectivity index (χ4n) is 4.52. The third-order valence-electron chi connectivity index (χ3n) is 6.38. The van der Waals surface area contributed by atoms with Crippen molar-refractivity contribution in [3.63, 3.8) is 0 Å². The van der Waals surface area contributed by atoms with Crippen LogP contribution in [-0.4, -0.2) is 19.1 Å². The lowest BCUT2D eigenvalue weighted by molar-refractivity contribution is 0.0920. The van der Waals surface area contributed by atoms with Gasteiger partial charge < -0.3 is 10.1 Å². The van der Waals surface area contributed by atoms with E-state index < -0.39 is 0 Å². The van der Waals surface area contributed by atoms with Crippen molar-refractivity contribution < 1.29 is 13.9 Å². The summed E-state index contributed by atoms with van der Waals surface area (Å²) in [5, 5.41) is 3.24. The monoisotopic (exact) mass is 431 g/mol. The topological polar surface area (TPSA) is 38.3 Å². The van der Waals surface area contributed by atoms with Crippen LogP contribution in [-0.2, 0) is 6.42 Å². The van der Waals surface area contributed by atoms with E-state index in [9.17, 15) is 9.18 Å². The fraction of sp³-hybridized carbons (Fsp3) is 0.321. The number of hydrogen-bond donors (Lipinski definition) is 1. The zero-order valence-electron chi connectivity index (χ0n) is 18.7. The van der Waals surface area contributed by atoms with Crippen molar-refractivity contribution in [2.45, 2.75) is 45.1 Å². The van der Waals surface area contributed by atoms with Gasteiger partial charge in [0.25, 0.3) is 5.91 Å². The quantitative estimate of drug-likeness (QED) is 0.490. The molecule has 1 amide bonds. The molecule has 1 saturated carbocycles. The number of halogens is 1. The standard InChI is InChI=1S/C28H30FNO2/c1-19-8-14-25(15-9-19)30-28(31)26-18-22(21-6-4-3-5-7-21)17-23(27(26)32-2)16-20-10-12-24(29)13-11-20/h3-7,10-13,17-19,25H,8-9,14-16H2,1-2H3,(H,30,31). The lowest BCUT2D eigenvalue weighted by Gasteiger charge is -2.27. The first-order valence-corrected chi connectivity index (χ1v) is 11.3. The number of rotatable bonds is 6. The van der Waals surface area contributed by atoms with Gasteiger partial charge in [0.05, 0.1) is 12.7 Å². The van der Waals surface area contributed by atoms with E-state index in [0.717, 1.165) is 53.9 Å². The van der Waals surface area contributed by atoms with Gasteiger partial charge in [-0.2, -0.15) is 0 Å². The molecule has 3 aromatic rings. The summed E-state index contributed by atoms with van der Waals surface area (Å²) in [6.07, 6.45) is 4.85. The summed E-state index contributed by atoms with van der Waals surface area (Å²) in [6, 6.07) is 20.7. The fourth-order valence-corrected chi connectivity index (χ4v) is 4.52. The molecule has 0 aliphatic heterocycles. The summed E-state index contributed by atoms with van der Waals surface area (Å²) in [7, 11) is 1.60. The largest absolute Gasteiger partial charge is 0.496 e. The van der Waals surface area contributed by atoms with Crippen LogP contribution in [0.3, 0.4) is 0 Å². The van der Waals surface area contributed by atoms with E-state index in [-0.39, 0.29) is 17.8 Å².